The summed E-state index contributed by atoms with van der Waals surface area (Å²) in [5.74, 6) is -0.248. The molecule has 2 heterocycles. The smallest absolute Gasteiger partial charge is 0.266 e. The van der Waals surface area contributed by atoms with Crippen LogP contribution in [0.15, 0.2) is 55.0 Å². The summed E-state index contributed by atoms with van der Waals surface area (Å²) in [5, 5.41) is 8.25. The number of nitrogens with one attached hydrogen (secondary N) is 1. The lowest BCUT2D eigenvalue weighted by Gasteiger charge is -2.19. The molecule has 0 spiro atoms. The molecule has 8 heteroatoms. The summed E-state index contributed by atoms with van der Waals surface area (Å²) in [6.45, 7) is 1.73. The molecule has 0 aliphatic heterocycles. The zero-order valence-electron chi connectivity index (χ0n) is 17.2. The first-order valence-electron chi connectivity index (χ1n) is 9.67. The zero-order valence-corrected chi connectivity index (χ0v) is 17.2. The van der Waals surface area contributed by atoms with Crippen LogP contribution in [-0.4, -0.2) is 21.9 Å². The van der Waals surface area contributed by atoms with Gasteiger partial charge in [-0.05, 0) is 19.1 Å². The van der Waals surface area contributed by atoms with Gasteiger partial charge in [0, 0.05) is 53.3 Å². The van der Waals surface area contributed by atoms with E-state index in [1.54, 1.807) is 37.2 Å². The lowest BCUT2D eigenvalue weighted by atomic mass is 10.0. The molecular formula is C23H21F3N4O. The predicted octanol–water partition coefficient (Wildman–Crippen LogP) is 5.89. The highest BCUT2D eigenvalue weighted by molar-refractivity contribution is 5.96. The number of anilines is 1. The van der Waals surface area contributed by atoms with Crippen LogP contribution in [-0.2, 0) is 7.05 Å². The van der Waals surface area contributed by atoms with Crippen molar-refractivity contribution in [3.63, 3.8) is 0 Å². The minimum Gasteiger partial charge on any atom is -0.496 e. The van der Waals surface area contributed by atoms with Crippen LogP contribution in [0.4, 0.5) is 18.9 Å². The van der Waals surface area contributed by atoms with Gasteiger partial charge in [-0.1, -0.05) is 18.2 Å². The molecule has 1 unspecified atom stereocenters. The summed E-state index contributed by atoms with van der Waals surface area (Å²) in [4.78, 5) is 4.41. The number of hydrogen-bond acceptors (Lipinski definition) is 4. The first kappa shape index (κ1) is 20.7. The number of aromatic nitrogens is 3. The van der Waals surface area contributed by atoms with E-state index in [-0.39, 0.29) is 5.56 Å². The van der Waals surface area contributed by atoms with Crippen LogP contribution in [0.2, 0.25) is 0 Å². The van der Waals surface area contributed by atoms with E-state index >= 15 is 0 Å². The van der Waals surface area contributed by atoms with Crippen LogP contribution in [0.25, 0.3) is 22.0 Å². The normalized spacial score (nSPS) is 12.4. The lowest BCUT2D eigenvalue weighted by Crippen LogP contribution is -2.10. The van der Waals surface area contributed by atoms with Crippen molar-refractivity contribution >= 4 is 16.6 Å². The fourth-order valence-corrected chi connectivity index (χ4v) is 3.64. The van der Waals surface area contributed by atoms with Crippen LogP contribution in [0.1, 0.15) is 30.5 Å². The van der Waals surface area contributed by atoms with Crippen LogP contribution < -0.4 is 10.1 Å². The first-order chi connectivity index (χ1) is 14.9. The molecule has 0 radical (unpaired) electrons. The molecule has 2 aromatic heterocycles. The van der Waals surface area contributed by atoms with Gasteiger partial charge in [0.1, 0.15) is 11.6 Å². The SMILES string of the molecule is COc1cc2nccc(NC(C)c3cccc(C(F)F)c3F)c2cc1-c1cnn(C)c1. The zero-order chi connectivity index (χ0) is 22.1. The van der Waals surface area contributed by atoms with E-state index in [9.17, 15) is 13.2 Å². The Hall–Kier alpha value is -3.55. The Morgan fingerprint density at radius 2 is 1.90 bits per heavy atom. The van der Waals surface area contributed by atoms with E-state index in [1.807, 2.05) is 25.4 Å². The molecule has 31 heavy (non-hydrogen) atoms. The van der Waals surface area contributed by atoms with Crippen molar-refractivity contribution in [1.29, 1.82) is 0 Å². The number of benzene rings is 2. The molecule has 2 aromatic carbocycles. The van der Waals surface area contributed by atoms with Gasteiger partial charge in [0.2, 0.25) is 0 Å². The second-order valence-corrected chi connectivity index (χ2v) is 7.25. The van der Waals surface area contributed by atoms with E-state index in [1.165, 1.54) is 12.1 Å². The Morgan fingerprint density at radius 1 is 1.13 bits per heavy atom. The number of halogens is 3. The quantitative estimate of drug-likeness (QED) is 0.417. The van der Waals surface area contributed by atoms with Crippen LogP contribution in [0.3, 0.4) is 0 Å². The van der Waals surface area contributed by atoms with E-state index in [4.69, 9.17) is 4.74 Å². The third kappa shape index (κ3) is 3.93. The van der Waals surface area contributed by atoms with Crippen LogP contribution in [0, 0.1) is 5.82 Å². The van der Waals surface area contributed by atoms with E-state index in [0.29, 0.717) is 17.0 Å². The number of fused-ring (bicyclic) bond motifs is 1. The number of hydrogen-bond donors (Lipinski definition) is 1. The van der Waals surface area contributed by atoms with Crippen LogP contribution >= 0.6 is 0 Å². The minimum atomic E-state index is -2.87. The molecule has 4 rings (SSSR count). The average Bonchev–Trinajstić information content (AvgIpc) is 3.19. The van der Waals surface area contributed by atoms with Gasteiger partial charge in [0.25, 0.3) is 6.43 Å². The van der Waals surface area contributed by atoms with Crippen LogP contribution in [0.5, 0.6) is 5.75 Å². The Balaban J connectivity index is 1.77. The highest BCUT2D eigenvalue weighted by Gasteiger charge is 2.20. The summed E-state index contributed by atoms with van der Waals surface area (Å²) in [5.41, 5.74) is 2.66. The van der Waals surface area contributed by atoms with Crippen molar-refractivity contribution in [2.24, 2.45) is 7.05 Å². The third-order valence-corrected chi connectivity index (χ3v) is 5.21. The largest absolute Gasteiger partial charge is 0.496 e. The van der Waals surface area contributed by atoms with E-state index in [2.05, 4.69) is 15.4 Å². The maximum atomic E-state index is 14.6. The molecule has 0 fully saturated rings. The van der Waals surface area contributed by atoms with Gasteiger partial charge in [0.05, 0.1) is 30.4 Å². The first-order valence-corrected chi connectivity index (χ1v) is 9.67. The molecule has 1 N–H and O–H groups in total. The summed E-state index contributed by atoms with van der Waals surface area (Å²) < 4.78 is 48.1. The fraction of sp³-hybridized carbons (Fsp3) is 0.217. The van der Waals surface area contributed by atoms with Gasteiger partial charge in [-0.2, -0.15) is 5.10 Å². The minimum absolute atomic E-state index is 0.170. The van der Waals surface area contributed by atoms with Crippen molar-refractivity contribution in [2.45, 2.75) is 19.4 Å². The molecule has 0 saturated heterocycles. The molecule has 4 aromatic rings. The molecule has 0 aliphatic rings. The number of pyridine rings is 1. The van der Waals surface area contributed by atoms with Gasteiger partial charge >= 0.3 is 0 Å². The highest BCUT2D eigenvalue weighted by atomic mass is 19.3. The van der Waals surface area contributed by atoms with Crippen molar-refractivity contribution < 1.29 is 17.9 Å². The van der Waals surface area contributed by atoms with Gasteiger partial charge in [-0.3, -0.25) is 9.67 Å². The number of ether oxygens (including phenoxy) is 1. The molecule has 160 valence electrons. The monoisotopic (exact) mass is 426 g/mol. The van der Waals surface area contributed by atoms with Gasteiger partial charge in [-0.15, -0.1) is 0 Å². The summed E-state index contributed by atoms with van der Waals surface area (Å²) in [7, 11) is 3.42. The van der Waals surface area contributed by atoms with Crippen molar-refractivity contribution in [2.75, 3.05) is 12.4 Å². The Bertz CT molecular complexity index is 1240. The molecule has 1 atom stereocenters. The summed E-state index contributed by atoms with van der Waals surface area (Å²) in [6.07, 6.45) is 2.37. The topological polar surface area (TPSA) is 52.0 Å². The molecular weight excluding hydrogens is 405 g/mol. The van der Waals surface area contributed by atoms with Gasteiger partial charge < -0.3 is 10.1 Å². The Morgan fingerprint density at radius 3 is 2.58 bits per heavy atom. The van der Waals surface area contributed by atoms with E-state index < -0.39 is 23.8 Å². The Labute approximate surface area is 177 Å². The second kappa shape index (κ2) is 8.29. The summed E-state index contributed by atoms with van der Waals surface area (Å²) >= 11 is 0. The predicted molar refractivity (Wildman–Crippen MR) is 114 cm³/mol. The van der Waals surface area contributed by atoms with Crippen molar-refractivity contribution in [3.05, 3.63) is 71.9 Å². The van der Waals surface area contributed by atoms with Gasteiger partial charge in [-0.25, -0.2) is 13.2 Å². The number of nitrogens with zero attached hydrogens (tertiary/aromatic N) is 3. The standard InChI is InChI=1S/C23H21F3N4O/c1-13(15-5-4-6-16(22(15)24)23(25)26)29-19-7-8-27-20-10-21(31-3)17(9-18(19)20)14-11-28-30(2)12-14/h4-13,23H,1-3H3,(H,27,29). The molecule has 0 bridgehead atoms. The number of rotatable bonds is 6. The maximum absolute atomic E-state index is 14.6. The third-order valence-electron chi connectivity index (χ3n) is 5.21. The van der Waals surface area contributed by atoms with Gasteiger partial charge in [0.15, 0.2) is 0 Å². The Kier molecular flexibility index (Phi) is 5.54. The fourth-order valence-electron chi connectivity index (χ4n) is 3.64. The molecule has 0 saturated carbocycles. The van der Waals surface area contributed by atoms with Crippen molar-refractivity contribution in [1.82, 2.24) is 14.8 Å². The number of aryl methyl sites for hydroxylation is 1. The highest BCUT2D eigenvalue weighted by Crippen LogP contribution is 2.37. The lowest BCUT2D eigenvalue weighted by molar-refractivity contribution is 0.146. The second-order valence-electron chi connectivity index (χ2n) is 7.25. The number of methoxy groups -OCH3 is 1. The molecule has 0 aliphatic carbocycles. The molecule has 5 nitrogen and oxygen atoms in total. The number of alkyl halides is 2. The summed E-state index contributed by atoms with van der Waals surface area (Å²) in [6, 6.07) is 9.02. The molecule has 0 amide bonds. The maximum Gasteiger partial charge on any atom is 0.266 e. The van der Waals surface area contributed by atoms with Crippen molar-refractivity contribution in [3.8, 4) is 16.9 Å². The average molecular weight is 426 g/mol. The van der Waals surface area contributed by atoms with E-state index in [0.717, 1.165) is 22.6 Å².